The Kier molecular flexibility index (Phi) is 4.68. The van der Waals surface area contributed by atoms with Gasteiger partial charge < -0.3 is 5.32 Å². The molecule has 1 aliphatic heterocycles. The molecule has 1 N–H and O–H groups in total. The van der Waals surface area contributed by atoms with Crippen LogP contribution in [0.4, 0.5) is 5.82 Å². The van der Waals surface area contributed by atoms with E-state index in [1.54, 1.807) is 0 Å². The number of aromatic nitrogens is 2. The third kappa shape index (κ3) is 3.85. The number of anilines is 1. The molecule has 0 bridgehead atoms. The lowest BCUT2D eigenvalue weighted by Crippen LogP contribution is -2.25. The van der Waals surface area contributed by atoms with Gasteiger partial charge in [0.05, 0.1) is 0 Å². The standard InChI is InChI=1S/C12H18BrN3S/c1-8(2)12-15-10(13)7-11(16-12)14-9-3-5-17-6-4-9/h7-9H,3-6H2,1-2H3,(H,14,15,16). The van der Waals surface area contributed by atoms with E-state index in [0.29, 0.717) is 12.0 Å². The molecule has 1 aliphatic rings. The molecule has 1 aromatic rings. The zero-order chi connectivity index (χ0) is 12.3. The summed E-state index contributed by atoms with van der Waals surface area (Å²) in [5.74, 6) is 4.71. The predicted octanol–water partition coefficient (Wildman–Crippen LogP) is 3.67. The minimum atomic E-state index is 0.356. The van der Waals surface area contributed by atoms with Gasteiger partial charge in [-0.05, 0) is 40.3 Å². The third-order valence-corrected chi connectivity index (χ3v) is 4.26. The highest BCUT2D eigenvalue weighted by Gasteiger charge is 2.15. The third-order valence-electron chi connectivity index (χ3n) is 2.80. The summed E-state index contributed by atoms with van der Waals surface area (Å²) in [6, 6.07) is 2.53. The Hall–Kier alpha value is -0.290. The molecule has 0 spiro atoms. The lowest BCUT2D eigenvalue weighted by molar-refractivity contribution is 0.660. The van der Waals surface area contributed by atoms with Gasteiger partial charge in [-0.2, -0.15) is 11.8 Å². The molecule has 17 heavy (non-hydrogen) atoms. The Balaban J connectivity index is 2.09. The molecule has 0 amide bonds. The minimum absolute atomic E-state index is 0.356. The number of halogens is 1. The van der Waals surface area contributed by atoms with E-state index in [-0.39, 0.29) is 0 Å². The first-order chi connectivity index (χ1) is 8.15. The summed E-state index contributed by atoms with van der Waals surface area (Å²) >= 11 is 5.49. The van der Waals surface area contributed by atoms with Crippen LogP contribution in [0.25, 0.3) is 0 Å². The molecule has 1 saturated heterocycles. The normalized spacial score (nSPS) is 17.4. The van der Waals surface area contributed by atoms with Gasteiger partial charge in [0.15, 0.2) is 0 Å². The summed E-state index contributed by atoms with van der Waals surface area (Å²) in [5.41, 5.74) is 0. The lowest BCUT2D eigenvalue weighted by Gasteiger charge is -2.23. The van der Waals surface area contributed by atoms with Crippen LogP contribution < -0.4 is 5.32 Å². The van der Waals surface area contributed by atoms with Crippen molar-refractivity contribution >= 4 is 33.5 Å². The molecule has 0 saturated carbocycles. The molecule has 5 heteroatoms. The van der Waals surface area contributed by atoms with E-state index in [2.05, 4.69) is 45.1 Å². The number of nitrogens with zero attached hydrogens (tertiary/aromatic N) is 2. The van der Waals surface area contributed by atoms with Gasteiger partial charge in [-0.25, -0.2) is 9.97 Å². The fraction of sp³-hybridized carbons (Fsp3) is 0.667. The maximum absolute atomic E-state index is 4.57. The van der Waals surface area contributed by atoms with Crippen molar-refractivity contribution < 1.29 is 0 Å². The van der Waals surface area contributed by atoms with Crippen molar-refractivity contribution in [3.63, 3.8) is 0 Å². The van der Waals surface area contributed by atoms with Crippen LogP contribution in [0.15, 0.2) is 10.7 Å². The van der Waals surface area contributed by atoms with E-state index < -0.39 is 0 Å². The van der Waals surface area contributed by atoms with Crippen LogP contribution >= 0.6 is 27.7 Å². The zero-order valence-electron chi connectivity index (χ0n) is 10.2. The van der Waals surface area contributed by atoms with E-state index in [1.807, 2.05) is 17.8 Å². The summed E-state index contributed by atoms with van der Waals surface area (Å²) in [5, 5.41) is 3.52. The largest absolute Gasteiger partial charge is 0.367 e. The molecule has 0 aliphatic carbocycles. The lowest BCUT2D eigenvalue weighted by atomic mass is 10.1. The molecule has 0 aromatic carbocycles. The highest BCUT2D eigenvalue weighted by atomic mass is 79.9. The molecule has 0 atom stereocenters. The van der Waals surface area contributed by atoms with Gasteiger partial charge in [0, 0.05) is 18.0 Å². The van der Waals surface area contributed by atoms with Crippen molar-refractivity contribution in [2.24, 2.45) is 0 Å². The summed E-state index contributed by atoms with van der Waals surface area (Å²) in [6.45, 7) is 4.23. The van der Waals surface area contributed by atoms with Crippen LogP contribution in [0.1, 0.15) is 38.4 Å². The van der Waals surface area contributed by atoms with Crippen LogP contribution in [0.5, 0.6) is 0 Å². The number of nitrogens with one attached hydrogen (secondary N) is 1. The van der Waals surface area contributed by atoms with Crippen LogP contribution in [-0.4, -0.2) is 27.5 Å². The maximum Gasteiger partial charge on any atom is 0.134 e. The topological polar surface area (TPSA) is 37.8 Å². The van der Waals surface area contributed by atoms with Crippen molar-refractivity contribution in [2.45, 2.75) is 38.6 Å². The maximum atomic E-state index is 4.57. The molecular weight excluding hydrogens is 298 g/mol. The SMILES string of the molecule is CC(C)c1nc(Br)cc(NC2CCSCC2)n1. The Morgan fingerprint density at radius 2 is 2.06 bits per heavy atom. The second-order valence-corrected chi connectivity index (χ2v) is 6.66. The van der Waals surface area contributed by atoms with Crippen molar-refractivity contribution in [3.05, 3.63) is 16.5 Å². The smallest absolute Gasteiger partial charge is 0.134 e. The highest BCUT2D eigenvalue weighted by Crippen LogP contribution is 2.22. The monoisotopic (exact) mass is 315 g/mol. The first kappa shape index (κ1) is 13.1. The highest BCUT2D eigenvalue weighted by molar-refractivity contribution is 9.10. The van der Waals surface area contributed by atoms with E-state index in [0.717, 1.165) is 16.2 Å². The van der Waals surface area contributed by atoms with Crippen molar-refractivity contribution in [3.8, 4) is 0 Å². The van der Waals surface area contributed by atoms with E-state index in [9.17, 15) is 0 Å². The Labute approximate surface area is 115 Å². The van der Waals surface area contributed by atoms with Crippen LogP contribution in [0, 0.1) is 0 Å². The van der Waals surface area contributed by atoms with E-state index >= 15 is 0 Å². The molecule has 1 fully saturated rings. The summed E-state index contributed by atoms with van der Waals surface area (Å²) in [4.78, 5) is 8.96. The van der Waals surface area contributed by atoms with Gasteiger partial charge >= 0.3 is 0 Å². The zero-order valence-corrected chi connectivity index (χ0v) is 12.6. The summed E-state index contributed by atoms with van der Waals surface area (Å²) in [7, 11) is 0. The molecule has 0 unspecified atom stereocenters. The Bertz CT molecular complexity index is 378. The first-order valence-electron chi connectivity index (χ1n) is 6.04. The van der Waals surface area contributed by atoms with Crippen molar-refractivity contribution in [2.75, 3.05) is 16.8 Å². The van der Waals surface area contributed by atoms with Gasteiger partial charge in [-0.3, -0.25) is 0 Å². The molecular formula is C12H18BrN3S. The second kappa shape index (κ2) is 6.05. The molecule has 2 heterocycles. The van der Waals surface area contributed by atoms with Gasteiger partial charge in [0.2, 0.25) is 0 Å². The molecule has 2 rings (SSSR count). The molecule has 0 radical (unpaired) electrons. The summed E-state index contributed by atoms with van der Waals surface area (Å²) < 4.78 is 0.865. The molecule has 94 valence electrons. The average Bonchev–Trinajstić information content (AvgIpc) is 2.29. The second-order valence-electron chi connectivity index (χ2n) is 4.62. The number of rotatable bonds is 3. The van der Waals surface area contributed by atoms with Gasteiger partial charge in [0.25, 0.3) is 0 Å². The first-order valence-corrected chi connectivity index (χ1v) is 7.98. The van der Waals surface area contributed by atoms with Crippen molar-refractivity contribution in [1.29, 1.82) is 0 Å². The van der Waals surface area contributed by atoms with E-state index in [4.69, 9.17) is 0 Å². The van der Waals surface area contributed by atoms with Crippen LogP contribution in [-0.2, 0) is 0 Å². The van der Waals surface area contributed by atoms with Crippen molar-refractivity contribution in [1.82, 2.24) is 9.97 Å². The fourth-order valence-corrected chi connectivity index (χ4v) is 3.32. The Morgan fingerprint density at radius 1 is 1.35 bits per heavy atom. The summed E-state index contributed by atoms with van der Waals surface area (Å²) in [6.07, 6.45) is 2.45. The minimum Gasteiger partial charge on any atom is -0.367 e. The van der Waals surface area contributed by atoms with Gasteiger partial charge in [0.1, 0.15) is 16.2 Å². The number of hydrogen-bond acceptors (Lipinski definition) is 4. The number of hydrogen-bond donors (Lipinski definition) is 1. The fourth-order valence-electron chi connectivity index (χ4n) is 1.82. The average molecular weight is 316 g/mol. The van der Waals surface area contributed by atoms with Gasteiger partial charge in [-0.15, -0.1) is 0 Å². The van der Waals surface area contributed by atoms with E-state index in [1.165, 1.54) is 24.3 Å². The predicted molar refractivity (Wildman–Crippen MR) is 77.8 cm³/mol. The molecule has 3 nitrogen and oxygen atoms in total. The van der Waals surface area contributed by atoms with Gasteiger partial charge in [-0.1, -0.05) is 13.8 Å². The quantitative estimate of drug-likeness (QED) is 0.864. The Morgan fingerprint density at radius 3 is 2.71 bits per heavy atom. The van der Waals surface area contributed by atoms with Crippen LogP contribution in [0.3, 0.4) is 0 Å². The van der Waals surface area contributed by atoms with Crippen LogP contribution in [0.2, 0.25) is 0 Å². The number of thioether (sulfide) groups is 1. The molecule has 1 aromatic heterocycles.